The summed E-state index contributed by atoms with van der Waals surface area (Å²) in [6.07, 6.45) is 0.498. The molecule has 0 aromatic carbocycles. The molecule has 1 aromatic rings. The van der Waals surface area contributed by atoms with E-state index in [2.05, 4.69) is 11.1 Å². The van der Waals surface area contributed by atoms with E-state index in [1.54, 1.807) is 6.07 Å². The number of carboxylic acid groups (broad SMARTS) is 1. The summed E-state index contributed by atoms with van der Waals surface area (Å²) in [5.74, 6) is -0.620. The molecule has 0 radical (unpaired) electrons. The molecule has 0 saturated carbocycles. The number of nitrogens with zero attached hydrogens (tertiary/aromatic N) is 2. The zero-order valence-corrected chi connectivity index (χ0v) is 11.5. The zero-order chi connectivity index (χ0) is 13.7. The Morgan fingerprint density at radius 3 is 2.67 bits per heavy atom. The van der Waals surface area contributed by atoms with Crippen LogP contribution < -0.4 is 0 Å². The van der Waals surface area contributed by atoms with E-state index in [0.717, 1.165) is 17.5 Å². The summed E-state index contributed by atoms with van der Waals surface area (Å²) in [5.41, 5.74) is 1.31. The Balaban J connectivity index is 3.09. The number of hydrogen-bond acceptors (Lipinski definition) is 4. The van der Waals surface area contributed by atoms with Crippen molar-refractivity contribution in [2.24, 2.45) is 0 Å². The Morgan fingerprint density at radius 1 is 1.56 bits per heavy atom. The second-order valence-corrected chi connectivity index (χ2v) is 5.40. The second-order valence-electron chi connectivity index (χ2n) is 4.21. The molecule has 4 nitrogen and oxygen atoms in total. The van der Waals surface area contributed by atoms with Gasteiger partial charge in [0, 0.05) is 5.69 Å². The molecule has 96 valence electrons. The van der Waals surface area contributed by atoms with E-state index in [0.29, 0.717) is 17.0 Å². The molecule has 18 heavy (non-hydrogen) atoms. The fourth-order valence-corrected chi connectivity index (χ4v) is 2.33. The lowest BCUT2D eigenvalue weighted by atomic mass is 10.1. The molecule has 0 aliphatic heterocycles. The van der Waals surface area contributed by atoms with Gasteiger partial charge >= 0.3 is 5.97 Å². The highest BCUT2D eigenvalue weighted by Crippen LogP contribution is 2.28. The van der Waals surface area contributed by atoms with E-state index in [9.17, 15) is 4.79 Å². The summed E-state index contributed by atoms with van der Waals surface area (Å²) in [5, 5.41) is 18.0. The van der Waals surface area contributed by atoms with Gasteiger partial charge in [-0.3, -0.25) is 4.79 Å². The van der Waals surface area contributed by atoms with Crippen molar-refractivity contribution in [3.8, 4) is 6.07 Å². The van der Waals surface area contributed by atoms with Crippen molar-refractivity contribution in [2.45, 2.75) is 43.4 Å². The van der Waals surface area contributed by atoms with Crippen LogP contribution >= 0.6 is 11.8 Å². The van der Waals surface area contributed by atoms with E-state index >= 15 is 0 Å². The molecule has 0 fully saturated rings. The summed E-state index contributed by atoms with van der Waals surface area (Å²) in [6, 6.07) is 5.58. The van der Waals surface area contributed by atoms with Crippen LogP contribution in [0.15, 0.2) is 17.2 Å². The van der Waals surface area contributed by atoms with E-state index in [1.807, 2.05) is 26.8 Å². The van der Waals surface area contributed by atoms with Gasteiger partial charge in [0.25, 0.3) is 0 Å². The molecule has 0 aliphatic rings. The molecule has 1 N–H and O–H groups in total. The van der Waals surface area contributed by atoms with Crippen molar-refractivity contribution in [3.63, 3.8) is 0 Å². The van der Waals surface area contributed by atoms with Crippen LogP contribution in [-0.4, -0.2) is 21.3 Å². The Hall–Kier alpha value is -1.54. The van der Waals surface area contributed by atoms with Crippen molar-refractivity contribution < 1.29 is 9.90 Å². The van der Waals surface area contributed by atoms with Crippen molar-refractivity contribution in [1.29, 1.82) is 5.26 Å². The third kappa shape index (κ3) is 3.47. The van der Waals surface area contributed by atoms with Gasteiger partial charge in [0.1, 0.15) is 16.3 Å². The van der Waals surface area contributed by atoms with Gasteiger partial charge in [-0.05, 0) is 24.5 Å². The Morgan fingerprint density at radius 2 is 2.22 bits per heavy atom. The van der Waals surface area contributed by atoms with Gasteiger partial charge in [0.15, 0.2) is 0 Å². The predicted octanol–water partition coefficient (Wildman–Crippen LogP) is 3.03. The highest BCUT2D eigenvalue weighted by molar-refractivity contribution is 8.00. The number of carboxylic acids is 1. The SMILES string of the molecule is CCC(Sc1nc(C(C)C)ccc1C#N)C(=O)O. The average molecular weight is 264 g/mol. The molecule has 5 heteroatoms. The van der Waals surface area contributed by atoms with E-state index in [1.165, 1.54) is 0 Å². The lowest BCUT2D eigenvalue weighted by molar-refractivity contribution is -0.136. The first-order chi connectivity index (χ1) is 8.49. The molecule has 0 bridgehead atoms. The van der Waals surface area contributed by atoms with Crippen LogP contribution in [0.4, 0.5) is 0 Å². The molecule has 0 spiro atoms. The van der Waals surface area contributed by atoms with Crippen LogP contribution in [0.3, 0.4) is 0 Å². The molecule has 1 aromatic heterocycles. The molecule has 0 amide bonds. The minimum absolute atomic E-state index is 0.252. The quantitative estimate of drug-likeness (QED) is 0.827. The standard InChI is InChI=1S/C13H16N2O2S/c1-4-11(13(16)17)18-12-9(7-14)5-6-10(15-12)8(2)3/h5-6,8,11H,4H2,1-3H3,(H,16,17). The maximum absolute atomic E-state index is 11.0. The van der Waals surface area contributed by atoms with Crippen LogP contribution in [0.1, 0.15) is 44.4 Å². The zero-order valence-electron chi connectivity index (χ0n) is 10.7. The van der Waals surface area contributed by atoms with E-state index in [4.69, 9.17) is 10.4 Å². The molecule has 0 saturated heterocycles. The molecular formula is C13H16N2O2S. The van der Waals surface area contributed by atoms with Gasteiger partial charge in [-0.15, -0.1) is 0 Å². The summed E-state index contributed by atoms with van der Waals surface area (Å²) < 4.78 is 0. The highest BCUT2D eigenvalue weighted by atomic mass is 32.2. The number of aromatic nitrogens is 1. The molecule has 1 heterocycles. The maximum atomic E-state index is 11.0. The molecule has 1 rings (SSSR count). The van der Waals surface area contributed by atoms with Crippen molar-refractivity contribution in [2.75, 3.05) is 0 Å². The number of nitriles is 1. The summed E-state index contributed by atoms with van der Waals surface area (Å²) in [4.78, 5) is 15.4. The molecule has 1 unspecified atom stereocenters. The van der Waals surface area contributed by atoms with Gasteiger partial charge in [-0.1, -0.05) is 32.5 Å². The fraction of sp³-hybridized carbons (Fsp3) is 0.462. The minimum atomic E-state index is -0.872. The monoisotopic (exact) mass is 264 g/mol. The van der Waals surface area contributed by atoms with Crippen molar-refractivity contribution in [1.82, 2.24) is 4.98 Å². The minimum Gasteiger partial charge on any atom is -0.480 e. The lowest BCUT2D eigenvalue weighted by Gasteiger charge is -2.12. The first-order valence-electron chi connectivity index (χ1n) is 5.80. The van der Waals surface area contributed by atoms with Gasteiger partial charge in [0.2, 0.25) is 0 Å². The molecule has 0 aliphatic carbocycles. The predicted molar refractivity (Wildman–Crippen MR) is 70.6 cm³/mol. The number of rotatable bonds is 5. The number of aliphatic carboxylic acids is 1. The molecule has 1 atom stereocenters. The maximum Gasteiger partial charge on any atom is 0.317 e. The first kappa shape index (κ1) is 14.5. The summed E-state index contributed by atoms with van der Waals surface area (Å²) in [6.45, 7) is 5.83. The van der Waals surface area contributed by atoms with Gasteiger partial charge < -0.3 is 5.11 Å². The second kappa shape index (κ2) is 6.41. The smallest absolute Gasteiger partial charge is 0.317 e. The highest BCUT2D eigenvalue weighted by Gasteiger charge is 2.20. The van der Waals surface area contributed by atoms with Crippen LogP contribution in [0, 0.1) is 11.3 Å². The van der Waals surface area contributed by atoms with Crippen LogP contribution in [0.5, 0.6) is 0 Å². The van der Waals surface area contributed by atoms with Crippen molar-refractivity contribution in [3.05, 3.63) is 23.4 Å². The summed E-state index contributed by atoms with van der Waals surface area (Å²) in [7, 11) is 0. The number of hydrogen-bond donors (Lipinski definition) is 1. The van der Waals surface area contributed by atoms with E-state index < -0.39 is 11.2 Å². The van der Waals surface area contributed by atoms with E-state index in [-0.39, 0.29) is 5.92 Å². The first-order valence-corrected chi connectivity index (χ1v) is 6.68. The third-order valence-corrected chi connectivity index (χ3v) is 3.85. The summed E-state index contributed by atoms with van der Waals surface area (Å²) >= 11 is 1.15. The average Bonchev–Trinajstić information content (AvgIpc) is 2.35. The normalized spacial score (nSPS) is 12.2. The Kier molecular flexibility index (Phi) is 5.17. The number of pyridine rings is 1. The Bertz CT molecular complexity index is 480. The van der Waals surface area contributed by atoms with Crippen LogP contribution in [-0.2, 0) is 4.79 Å². The topological polar surface area (TPSA) is 74.0 Å². The van der Waals surface area contributed by atoms with Gasteiger partial charge in [0.05, 0.1) is 5.56 Å². The van der Waals surface area contributed by atoms with Crippen LogP contribution in [0.25, 0.3) is 0 Å². The number of thioether (sulfide) groups is 1. The largest absolute Gasteiger partial charge is 0.480 e. The Labute approximate surface area is 111 Å². The van der Waals surface area contributed by atoms with Gasteiger partial charge in [-0.25, -0.2) is 4.98 Å². The van der Waals surface area contributed by atoms with Crippen molar-refractivity contribution >= 4 is 17.7 Å². The van der Waals surface area contributed by atoms with Gasteiger partial charge in [-0.2, -0.15) is 5.26 Å². The lowest BCUT2D eigenvalue weighted by Crippen LogP contribution is -2.15. The third-order valence-electron chi connectivity index (χ3n) is 2.49. The molecular weight excluding hydrogens is 248 g/mol. The van der Waals surface area contributed by atoms with Crippen LogP contribution in [0.2, 0.25) is 0 Å². The fourth-order valence-electron chi connectivity index (χ4n) is 1.39. The number of carbonyl (C=O) groups is 1.